The first-order chi connectivity index (χ1) is 9.94. The largest absolute Gasteiger partial charge is 0.392 e. The molecule has 1 fully saturated rings. The molecule has 1 saturated carbocycles. The second-order valence-corrected chi connectivity index (χ2v) is 7.84. The number of nitrogens with one attached hydrogen (secondary N) is 1. The van der Waals surface area contributed by atoms with E-state index in [9.17, 15) is 13.5 Å². The van der Waals surface area contributed by atoms with E-state index in [-0.39, 0.29) is 27.6 Å². The van der Waals surface area contributed by atoms with Gasteiger partial charge in [-0.25, -0.2) is 13.1 Å². The van der Waals surface area contributed by atoms with Gasteiger partial charge in [0.2, 0.25) is 10.0 Å². The maximum Gasteiger partial charge on any atom is 0.242 e. The summed E-state index contributed by atoms with van der Waals surface area (Å²) in [5.41, 5.74) is 0.349. The fourth-order valence-electron chi connectivity index (χ4n) is 2.58. The van der Waals surface area contributed by atoms with Crippen molar-refractivity contribution < 1.29 is 13.5 Å². The lowest BCUT2D eigenvalue weighted by molar-refractivity contribution is 0.281. The van der Waals surface area contributed by atoms with Gasteiger partial charge in [0.1, 0.15) is 4.90 Å². The minimum absolute atomic E-state index is 0.0261. The Balaban J connectivity index is 2.26. The molecule has 21 heavy (non-hydrogen) atoms. The third kappa shape index (κ3) is 4.33. The van der Waals surface area contributed by atoms with Crippen LogP contribution in [0.15, 0.2) is 17.0 Å². The molecule has 1 aromatic rings. The SMILES string of the molecule is O=S(=O)(NC1CCCCCC1)c1cc(CO)c(Cl)cc1Cl. The zero-order valence-corrected chi connectivity index (χ0v) is 13.9. The Labute approximate surface area is 135 Å². The lowest BCUT2D eigenvalue weighted by atomic mass is 10.1. The fourth-order valence-corrected chi connectivity index (χ4v) is 4.74. The van der Waals surface area contributed by atoms with Gasteiger partial charge in [0.15, 0.2) is 0 Å². The molecule has 0 atom stereocenters. The lowest BCUT2D eigenvalue weighted by Gasteiger charge is -2.17. The van der Waals surface area contributed by atoms with E-state index in [1.54, 1.807) is 0 Å². The van der Waals surface area contributed by atoms with Crippen molar-refractivity contribution in [2.75, 3.05) is 0 Å². The second kappa shape index (κ2) is 7.29. The standard InChI is InChI=1S/C14H19Cl2NO3S/c15-12-8-13(16)14(7-10(12)9-18)21(19,20)17-11-5-3-1-2-4-6-11/h7-8,11,17-18H,1-6,9H2. The van der Waals surface area contributed by atoms with Crippen molar-refractivity contribution in [2.45, 2.75) is 56.1 Å². The first-order valence-electron chi connectivity index (χ1n) is 7.05. The van der Waals surface area contributed by atoms with E-state index in [2.05, 4.69) is 4.72 Å². The third-order valence-electron chi connectivity index (χ3n) is 3.74. The molecule has 7 heteroatoms. The molecule has 0 unspecified atom stereocenters. The summed E-state index contributed by atoms with van der Waals surface area (Å²) in [5, 5.41) is 9.54. The summed E-state index contributed by atoms with van der Waals surface area (Å²) in [6.45, 7) is -0.331. The van der Waals surface area contributed by atoms with Crippen molar-refractivity contribution >= 4 is 33.2 Å². The first-order valence-corrected chi connectivity index (χ1v) is 9.29. The Bertz CT molecular complexity index is 596. The highest BCUT2D eigenvalue weighted by atomic mass is 35.5. The molecule has 0 spiro atoms. The van der Waals surface area contributed by atoms with E-state index in [4.69, 9.17) is 23.2 Å². The van der Waals surface area contributed by atoms with Gasteiger partial charge in [0.25, 0.3) is 0 Å². The minimum atomic E-state index is -3.71. The zero-order chi connectivity index (χ0) is 15.5. The average Bonchev–Trinajstić information content (AvgIpc) is 2.66. The predicted octanol–water partition coefficient (Wildman–Crippen LogP) is 3.49. The second-order valence-electron chi connectivity index (χ2n) is 5.34. The highest BCUT2D eigenvalue weighted by Crippen LogP contribution is 2.29. The van der Waals surface area contributed by atoms with Gasteiger partial charge in [-0.1, -0.05) is 48.9 Å². The highest BCUT2D eigenvalue weighted by Gasteiger charge is 2.24. The summed E-state index contributed by atoms with van der Waals surface area (Å²) in [4.78, 5) is -0.0261. The molecule has 1 aromatic carbocycles. The van der Waals surface area contributed by atoms with Crippen molar-refractivity contribution in [1.29, 1.82) is 0 Å². The summed E-state index contributed by atoms with van der Waals surface area (Å²) in [6, 6.07) is 2.64. The highest BCUT2D eigenvalue weighted by molar-refractivity contribution is 7.89. The maximum atomic E-state index is 12.5. The van der Waals surface area contributed by atoms with Crippen LogP contribution < -0.4 is 4.72 Å². The summed E-state index contributed by atoms with van der Waals surface area (Å²) < 4.78 is 27.7. The van der Waals surface area contributed by atoms with E-state index < -0.39 is 10.0 Å². The van der Waals surface area contributed by atoms with Crippen LogP contribution in [0.3, 0.4) is 0 Å². The molecule has 2 rings (SSSR count). The molecular formula is C14H19Cl2NO3S. The number of aliphatic hydroxyl groups is 1. The molecule has 0 saturated heterocycles. The van der Waals surface area contributed by atoms with Crippen LogP contribution in [0.5, 0.6) is 0 Å². The third-order valence-corrected chi connectivity index (χ3v) is 6.07. The topological polar surface area (TPSA) is 66.4 Å². The first kappa shape index (κ1) is 17.0. The van der Waals surface area contributed by atoms with Crippen LogP contribution >= 0.6 is 23.2 Å². The van der Waals surface area contributed by atoms with Crippen LogP contribution in [0.25, 0.3) is 0 Å². The monoisotopic (exact) mass is 351 g/mol. The smallest absolute Gasteiger partial charge is 0.242 e. The van der Waals surface area contributed by atoms with Crippen LogP contribution in [-0.4, -0.2) is 19.6 Å². The van der Waals surface area contributed by atoms with Gasteiger partial charge < -0.3 is 5.11 Å². The van der Waals surface area contributed by atoms with Gasteiger partial charge in [0, 0.05) is 11.1 Å². The van der Waals surface area contributed by atoms with E-state index in [1.807, 2.05) is 0 Å². The number of sulfonamides is 1. The summed E-state index contributed by atoms with van der Waals surface area (Å²) >= 11 is 11.9. The zero-order valence-electron chi connectivity index (χ0n) is 11.6. The van der Waals surface area contributed by atoms with Crippen LogP contribution in [0, 0.1) is 0 Å². The fraction of sp³-hybridized carbons (Fsp3) is 0.571. The molecular weight excluding hydrogens is 333 g/mol. The van der Waals surface area contributed by atoms with E-state index in [1.165, 1.54) is 12.1 Å². The molecule has 0 aromatic heterocycles. The van der Waals surface area contributed by atoms with Gasteiger partial charge in [0.05, 0.1) is 11.6 Å². The molecule has 0 radical (unpaired) electrons. The van der Waals surface area contributed by atoms with Crippen molar-refractivity contribution in [1.82, 2.24) is 4.72 Å². The Morgan fingerprint density at radius 2 is 1.71 bits per heavy atom. The normalized spacial score (nSPS) is 17.7. The summed E-state index contributed by atoms with van der Waals surface area (Å²) in [5.74, 6) is 0. The van der Waals surface area contributed by atoms with Gasteiger partial charge >= 0.3 is 0 Å². The van der Waals surface area contributed by atoms with Crippen LogP contribution in [0.2, 0.25) is 10.0 Å². The molecule has 0 bridgehead atoms. The minimum Gasteiger partial charge on any atom is -0.392 e. The molecule has 0 amide bonds. The van der Waals surface area contributed by atoms with Gasteiger partial charge in [-0.15, -0.1) is 0 Å². The Morgan fingerprint density at radius 3 is 2.29 bits per heavy atom. The maximum absolute atomic E-state index is 12.5. The molecule has 4 nitrogen and oxygen atoms in total. The Hall–Kier alpha value is -0.330. The number of rotatable bonds is 4. The van der Waals surface area contributed by atoms with Crippen molar-refractivity contribution in [2.24, 2.45) is 0 Å². The molecule has 118 valence electrons. The van der Waals surface area contributed by atoms with Gasteiger partial charge in [-0.2, -0.15) is 0 Å². The summed E-state index contributed by atoms with van der Waals surface area (Å²) in [7, 11) is -3.71. The molecule has 1 aliphatic carbocycles. The van der Waals surface area contributed by atoms with E-state index in [0.717, 1.165) is 38.5 Å². The quantitative estimate of drug-likeness (QED) is 0.816. The van der Waals surface area contributed by atoms with Crippen LogP contribution in [0.1, 0.15) is 44.1 Å². The number of benzene rings is 1. The summed E-state index contributed by atoms with van der Waals surface area (Å²) in [6.07, 6.45) is 6.05. The predicted molar refractivity (Wildman–Crippen MR) is 84.2 cm³/mol. The van der Waals surface area contributed by atoms with Crippen molar-refractivity contribution in [3.05, 3.63) is 27.7 Å². The van der Waals surface area contributed by atoms with E-state index >= 15 is 0 Å². The van der Waals surface area contributed by atoms with Crippen molar-refractivity contribution in [3.8, 4) is 0 Å². The van der Waals surface area contributed by atoms with Crippen LogP contribution in [-0.2, 0) is 16.6 Å². The van der Waals surface area contributed by atoms with E-state index in [0.29, 0.717) is 5.56 Å². The molecule has 2 N–H and O–H groups in total. The lowest BCUT2D eigenvalue weighted by Crippen LogP contribution is -2.34. The van der Waals surface area contributed by atoms with Gasteiger partial charge in [-0.3, -0.25) is 0 Å². The number of hydrogen-bond donors (Lipinski definition) is 2. The number of halogens is 2. The van der Waals surface area contributed by atoms with Crippen molar-refractivity contribution in [3.63, 3.8) is 0 Å². The Morgan fingerprint density at radius 1 is 1.10 bits per heavy atom. The molecule has 0 aliphatic heterocycles. The van der Waals surface area contributed by atoms with Crippen LogP contribution in [0.4, 0.5) is 0 Å². The average molecular weight is 352 g/mol. The molecule has 0 heterocycles. The Kier molecular flexibility index (Phi) is 5.91. The molecule has 1 aliphatic rings. The number of aliphatic hydroxyl groups excluding tert-OH is 1. The van der Waals surface area contributed by atoms with Gasteiger partial charge in [-0.05, 0) is 30.5 Å². The number of hydrogen-bond acceptors (Lipinski definition) is 3.